The first-order chi connectivity index (χ1) is 15.1. The monoisotopic (exact) mass is 453 g/mol. The van der Waals surface area contributed by atoms with Gasteiger partial charge in [-0.2, -0.15) is 9.97 Å². The molecule has 0 N–H and O–H groups in total. The highest BCUT2D eigenvalue weighted by molar-refractivity contribution is 6.30. The van der Waals surface area contributed by atoms with Crippen molar-refractivity contribution >= 4 is 28.3 Å². The van der Waals surface area contributed by atoms with Crippen molar-refractivity contribution in [2.45, 2.75) is 43.8 Å². The van der Waals surface area contributed by atoms with Crippen molar-refractivity contribution in [3.63, 3.8) is 0 Å². The molecule has 31 heavy (non-hydrogen) atoms. The zero-order valence-corrected chi connectivity index (χ0v) is 18.1. The molecule has 3 fully saturated rings. The number of rotatable bonds is 4. The molecule has 0 amide bonds. The number of ether oxygens (including phenoxy) is 2. The largest absolute Gasteiger partial charge is 0.461 e. The highest BCUT2D eigenvalue weighted by Gasteiger charge is 2.49. The van der Waals surface area contributed by atoms with Gasteiger partial charge in [0.15, 0.2) is 11.0 Å². The van der Waals surface area contributed by atoms with Gasteiger partial charge < -0.3 is 14.4 Å². The Labute approximate surface area is 184 Å². The molecule has 0 unspecified atom stereocenters. The number of aromatic nitrogens is 3. The number of nitrogens with zero attached hydrogens (tertiary/aromatic N) is 5. The van der Waals surface area contributed by atoms with Crippen LogP contribution in [0, 0.1) is 5.82 Å². The normalized spacial score (nSPS) is 27.3. The first-order valence-corrected chi connectivity index (χ1v) is 11.3. The van der Waals surface area contributed by atoms with E-state index in [-0.39, 0.29) is 28.8 Å². The van der Waals surface area contributed by atoms with E-state index in [2.05, 4.69) is 24.8 Å². The number of hydrogen-bond donors (Lipinski definition) is 0. The molecule has 5 heterocycles. The lowest BCUT2D eigenvalue weighted by molar-refractivity contribution is 0.107. The second-order valence-corrected chi connectivity index (χ2v) is 8.98. The number of alkyl halides is 1. The second-order valence-electron chi connectivity index (χ2n) is 8.63. The van der Waals surface area contributed by atoms with Crippen LogP contribution in [0.15, 0.2) is 6.20 Å². The van der Waals surface area contributed by atoms with Crippen molar-refractivity contribution in [2.24, 2.45) is 0 Å². The van der Waals surface area contributed by atoms with E-state index in [1.807, 2.05) is 0 Å². The molecule has 3 aliphatic heterocycles. The molecule has 0 radical (unpaired) electrons. The molecule has 0 aromatic carbocycles. The summed E-state index contributed by atoms with van der Waals surface area (Å²) in [6.07, 6.45) is 4.68. The van der Waals surface area contributed by atoms with Gasteiger partial charge in [0.1, 0.15) is 24.1 Å². The SMILES string of the molecule is Fc1c(Cl)ncc2c(N3CCCOCCC3)nc(OC[C@@]34CCCN3C[C@H](F)C4)nc12. The number of pyridine rings is 1. The summed E-state index contributed by atoms with van der Waals surface area (Å²) in [5.41, 5.74) is -0.238. The van der Waals surface area contributed by atoms with Gasteiger partial charge in [-0.3, -0.25) is 4.90 Å². The molecule has 10 heteroatoms. The molecule has 0 aliphatic carbocycles. The Kier molecular flexibility index (Phi) is 5.83. The summed E-state index contributed by atoms with van der Waals surface area (Å²) in [5, 5.41) is 0.266. The van der Waals surface area contributed by atoms with Crippen LogP contribution in [0.5, 0.6) is 6.01 Å². The molecule has 3 saturated heterocycles. The molecule has 168 valence electrons. The third kappa shape index (κ3) is 4.03. The van der Waals surface area contributed by atoms with Gasteiger partial charge >= 0.3 is 6.01 Å². The van der Waals surface area contributed by atoms with Crippen LogP contribution in [0.2, 0.25) is 5.15 Å². The van der Waals surface area contributed by atoms with Crippen molar-refractivity contribution in [1.29, 1.82) is 0 Å². The maximum Gasteiger partial charge on any atom is 0.319 e. The summed E-state index contributed by atoms with van der Waals surface area (Å²) in [6.45, 7) is 4.38. The first kappa shape index (κ1) is 21.0. The molecule has 3 aliphatic rings. The fourth-order valence-corrected chi connectivity index (χ4v) is 5.23. The van der Waals surface area contributed by atoms with E-state index in [9.17, 15) is 8.78 Å². The molecular formula is C21H26ClF2N5O2. The van der Waals surface area contributed by atoms with E-state index in [0.717, 1.165) is 45.3 Å². The molecular weight excluding hydrogens is 428 g/mol. The van der Waals surface area contributed by atoms with E-state index in [1.165, 1.54) is 6.20 Å². The molecule has 0 bridgehead atoms. The molecule has 7 nitrogen and oxygen atoms in total. The molecule has 2 aromatic heterocycles. The second kappa shape index (κ2) is 8.60. The predicted molar refractivity (Wildman–Crippen MR) is 113 cm³/mol. The van der Waals surface area contributed by atoms with E-state index in [1.54, 1.807) is 0 Å². The Balaban J connectivity index is 1.48. The first-order valence-electron chi connectivity index (χ1n) is 10.9. The maximum atomic E-state index is 14.8. The van der Waals surface area contributed by atoms with Gasteiger partial charge in [0.2, 0.25) is 0 Å². The van der Waals surface area contributed by atoms with Crippen LogP contribution in [0.4, 0.5) is 14.6 Å². The number of hydrogen-bond acceptors (Lipinski definition) is 7. The molecule has 2 atom stereocenters. The van der Waals surface area contributed by atoms with Crippen molar-refractivity contribution < 1.29 is 18.3 Å². The summed E-state index contributed by atoms with van der Waals surface area (Å²) in [7, 11) is 0. The number of halogens is 3. The zero-order valence-electron chi connectivity index (χ0n) is 17.3. The van der Waals surface area contributed by atoms with E-state index in [4.69, 9.17) is 21.1 Å². The molecule has 2 aromatic rings. The van der Waals surface area contributed by atoms with Crippen molar-refractivity contribution in [2.75, 3.05) is 50.9 Å². The average molecular weight is 454 g/mol. The van der Waals surface area contributed by atoms with E-state index >= 15 is 0 Å². The summed E-state index contributed by atoms with van der Waals surface area (Å²) < 4.78 is 40.5. The Morgan fingerprint density at radius 1 is 1.19 bits per heavy atom. The molecule has 5 rings (SSSR count). The standard InChI is InChI=1S/C21H26ClF2N5O2/c22-18-16(24)17-15(11-25-18)19(28-5-2-8-30-9-3-6-28)27-20(26-17)31-13-21-4-1-7-29(21)12-14(23)10-21/h11,14H,1-10,12-13H2/t14-,21+/m1/s1. The minimum Gasteiger partial charge on any atom is -0.461 e. The minimum atomic E-state index is -0.845. The quantitative estimate of drug-likeness (QED) is 0.657. The maximum absolute atomic E-state index is 14.8. The van der Waals surface area contributed by atoms with Gasteiger partial charge in [-0.15, -0.1) is 0 Å². The van der Waals surface area contributed by atoms with Gasteiger partial charge in [-0.25, -0.2) is 13.8 Å². The summed E-state index contributed by atoms with van der Waals surface area (Å²) >= 11 is 5.93. The fraction of sp³-hybridized carbons (Fsp3) is 0.667. The topological polar surface area (TPSA) is 63.6 Å². The Morgan fingerprint density at radius 3 is 2.81 bits per heavy atom. The van der Waals surface area contributed by atoms with Crippen molar-refractivity contribution in [3.8, 4) is 6.01 Å². The van der Waals surface area contributed by atoms with Crippen LogP contribution in [0.3, 0.4) is 0 Å². The van der Waals surface area contributed by atoms with Crippen LogP contribution >= 0.6 is 11.6 Å². The molecule has 0 saturated carbocycles. The van der Waals surface area contributed by atoms with Gasteiger partial charge in [0, 0.05) is 45.5 Å². The van der Waals surface area contributed by atoms with Crippen LogP contribution in [-0.4, -0.2) is 77.6 Å². The highest BCUT2D eigenvalue weighted by Crippen LogP contribution is 2.40. The third-order valence-corrected chi connectivity index (χ3v) is 6.83. The number of anilines is 1. The lowest BCUT2D eigenvalue weighted by Gasteiger charge is -2.31. The lowest BCUT2D eigenvalue weighted by atomic mass is 9.95. The number of fused-ring (bicyclic) bond motifs is 2. The van der Waals surface area contributed by atoms with Crippen LogP contribution in [-0.2, 0) is 4.74 Å². The van der Waals surface area contributed by atoms with E-state index < -0.39 is 12.0 Å². The van der Waals surface area contributed by atoms with Crippen LogP contribution in [0.1, 0.15) is 32.1 Å². The van der Waals surface area contributed by atoms with Crippen molar-refractivity contribution in [3.05, 3.63) is 17.2 Å². The van der Waals surface area contributed by atoms with Crippen LogP contribution in [0.25, 0.3) is 10.9 Å². The molecule has 0 spiro atoms. The summed E-state index contributed by atoms with van der Waals surface area (Å²) in [5.74, 6) is -0.103. The predicted octanol–water partition coefficient (Wildman–Crippen LogP) is 3.39. The lowest BCUT2D eigenvalue weighted by Crippen LogP contribution is -2.43. The fourth-order valence-electron chi connectivity index (χ4n) is 5.09. The zero-order chi connectivity index (χ0) is 21.4. The Morgan fingerprint density at radius 2 is 2.00 bits per heavy atom. The van der Waals surface area contributed by atoms with E-state index in [0.29, 0.717) is 37.4 Å². The Hall–Kier alpha value is -1.84. The summed E-state index contributed by atoms with van der Waals surface area (Å²) in [6, 6.07) is 0.0884. The van der Waals surface area contributed by atoms with Gasteiger partial charge in [0.05, 0.1) is 10.9 Å². The average Bonchev–Trinajstić information content (AvgIpc) is 3.24. The van der Waals surface area contributed by atoms with Gasteiger partial charge in [-0.1, -0.05) is 11.6 Å². The van der Waals surface area contributed by atoms with Crippen molar-refractivity contribution in [1.82, 2.24) is 19.9 Å². The third-order valence-electron chi connectivity index (χ3n) is 6.56. The Bertz CT molecular complexity index is 959. The van der Waals surface area contributed by atoms with Gasteiger partial charge in [-0.05, 0) is 32.2 Å². The smallest absolute Gasteiger partial charge is 0.319 e. The summed E-state index contributed by atoms with van der Waals surface area (Å²) in [4.78, 5) is 17.2. The highest BCUT2D eigenvalue weighted by atomic mass is 35.5. The van der Waals surface area contributed by atoms with Gasteiger partial charge in [0.25, 0.3) is 0 Å². The van der Waals surface area contributed by atoms with Crippen LogP contribution < -0.4 is 9.64 Å². The minimum absolute atomic E-state index is 0.0884.